The molecule has 0 spiro atoms. The maximum absolute atomic E-state index is 12.8. The molecule has 0 radical (unpaired) electrons. The zero-order chi connectivity index (χ0) is 17.1. The summed E-state index contributed by atoms with van der Waals surface area (Å²) in [5.41, 5.74) is 1.03. The number of piperazine rings is 1. The number of nitrogens with zero attached hydrogens (tertiary/aromatic N) is 5. The minimum absolute atomic E-state index is 0.114. The Balaban J connectivity index is 1.74. The van der Waals surface area contributed by atoms with Crippen LogP contribution >= 0.6 is 11.6 Å². The third-order valence-corrected chi connectivity index (χ3v) is 4.35. The predicted molar refractivity (Wildman–Crippen MR) is 90.4 cm³/mol. The molecule has 24 heavy (non-hydrogen) atoms. The van der Waals surface area contributed by atoms with E-state index in [-0.39, 0.29) is 12.0 Å². The van der Waals surface area contributed by atoms with Crippen LogP contribution in [-0.2, 0) is 0 Å². The molecule has 1 N–H and O–H groups in total. The van der Waals surface area contributed by atoms with Crippen LogP contribution in [0.2, 0.25) is 5.02 Å². The number of aromatic nitrogens is 3. The highest BCUT2D eigenvalue weighted by atomic mass is 35.5. The van der Waals surface area contributed by atoms with E-state index >= 15 is 0 Å². The number of hydrogen-bond acceptors (Lipinski definition) is 5. The van der Waals surface area contributed by atoms with E-state index in [1.807, 2.05) is 12.1 Å². The topological polar surface area (TPSA) is 74.5 Å². The molecule has 0 saturated carbocycles. The second kappa shape index (κ2) is 7.29. The third kappa shape index (κ3) is 3.58. The van der Waals surface area contributed by atoms with Crippen molar-refractivity contribution in [1.82, 2.24) is 24.8 Å². The van der Waals surface area contributed by atoms with Crippen molar-refractivity contribution >= 4 is 17.5 Å². The first-order chi connectivity index (χ1) is 11.6. The van der Waals surface area contributed by atoms with Crippen LogP contribution in [0.1, 0.15) is 17.4 Å². The van der Waals surface area contributed by atoms with Crippen molar-refractivity contribution in [3.63, 3.8) is 0 Å². The van der Waals surface area contributed by atoms with E-state index in [2.05, 4.69) is 15.2 Å². The van der Waals surface area contributed by atoms with Crippen molar-refractivity contribution in [2.75, 3.05) is 32.7 Å². The summed E-state index contributed by atoms with van der Waals surface area (Å²) in [6.07, 6.45) is 1.10. The van der Waals surface area contributed by atoms with Gasteiger partial charge in [-0.1, -0.05) is 28.9 Å². The summed E-state index contributed by atoms with van der Waals surface area (Å²) in [5.74, 6) is -0.114. The summed E-state index contributed by atoms with van der Waals surface area (Å²) < 4.78 is 1.48. The highest BCUT2D eigenvalue weighted by molar-refractivity contribution is 6.32. The second-order valence-corrected chi connectivity index (χ2v) is 6.33. The lowest BCUT2D eigenvalue weighted by Crippen LogP contribution is -2.50. The number of β-amino-alcohol motifs (C(OH)–C–C–N with tert-alkyl or cyclic N) is 1. The molecule has 1 aliphatic heterocycles. The van der Waals surface area contributed by atoms with E-state index < -0.39 is 0 Å². The Morgan fingerprint density at radius 3 is 2.67 bits per heavy atom. The fourth-order valence-electron chi connectivity index (χ4n) is 2.85. The molecule has 1 amide bonds. The largest absolute Gasteiger partial charge is 0.392 e. The van der Waals surface area contributed by atoms with Gasteiger partial charge >= 0.3 is 0 Å². The van der Waals surface area contributed by atoms with Gasteiger partial charge in [-0.2, -0.15) is 0 Å². The molecule has 7 nitrogen and oxygen atoms in total. The lowest BCUT2D eigenvalue weighted by molar-refractivity contribution is 0.0546. The molecule has 1 aromatic carbocycles. The number of aliphatic hydroxyl groups excluding tert-OH is 1. The van der Waals surface area contributed by atoms with Crippen molar-refractivity contribution in [2.45, 2.75) is 13.0 Å². The molecule has 0 unspecified atom stereocenters. The van der Waals surface area contributed by atoms with E-state index in [0.717, 1.165) is 13.1 Å². The molecule has 0 aliphatic carbocycles. The van der Waals surface area contributed by atoms with Crippen LogP contribution in [0.15, 0.2) is 30.5 Å². The minimum atomic E-state index is -0.363. The van der Waals surface area contributed by atoms with Crippen LogP contribution in [0.4, 0.5) is 0 Å². The summed E-state index contributed by atoms with van der Waals surface area (Å²) in [6, 6.07) is 7.22. The van der Waals surface area contributed by atoms with Gasteiger partial charge in [0, 0.05) is 32.7 Å². The minimum Gasteiger partial charge on any atom is -0.392 e. The van der Waals surface area contributed by atoms with Gasteiger partial charge in [0.05, 0.1) is 23.0 Å². The molecule has 1 atom stereocenters. The molecule has 1 saturated heterocycles. The van der Waals surface area contributed by atoms with Crippen molar-refractivity contribution in [2.24, 2.45) is 0 Å². The summed E-state index contributed by atoms with van der Waals surface area (Å²) in [4.78, 5) is 16.7. The van der Waals surface area contributed by atoms with Crippen molar-refractivity contribution in [1.29, 1.82) is 0 Å². The Morgan fingerprint density at radius 1 is 1.29 bits per heavy atom. The van der Waals surface area contributed by atoms with Gasteiger partial charge in [-0.05, 0) is 19.1 Å². The van der Waals surface area contributed by atoms with Gasteiger partial charge in [-0.15, -0.1) is 5.10 Å². The summed E-state index contributed by atoms with van der Waals surface area (Å²) >= 11 is 6.20. The monoisotopic (exact) mass is 349 g/mol. The van der Waals surface area contributed by atoms with Crippen LogP contribution in [0.3, 0.4) is 0 Å². The SMILES string of the molecule is C[C@@H](O)CN1CCN(C(=O)c2cnnn2-c2ccccc2Cl)CC1. The number of aliphatic hydroxyl groups is 1. The third-order valence-electron chi connectivity index (χ3n) is 4.03. The average molecular weight is 350 g/mol. The molecule has 128 valence electrons. The lowest BCUT2D eigenvalue weighted by atomic mass is 10.2. The van der Waals surface area contributed by atoms with Crippen LogP contribution in [0, 0.1) is 0 Å². The number of carbonyl (C=O) groups is 1. The average Bonchev–Trinajstić information content (AvgIpc) is 3.04. The molecular formula is C16H20ClN5O2. The molecule has 3 rings (SSSR count). The lowest BCUT2D eigenvalue weighted by Gasteiger charge is -2.35. The van der Waals surface area contributed by atoms with E-state index in [4.69, 9.17) is 11.6 Å². The molecule has 2 heterocycles. The Morgan fingerprint density at radius 2 is 2.00 bits per heavy atom. The first kappa shape index (κ1) is 16.9. The van der Waals surface area contributed by atoms with Crippen LogP contribution in [-0.4, -0.2) is 74.6 Å². The van der Waals surface area contributed by atoms with E-state index in [9.17, 15) is 9.90 Å². The number of para-hydroxylation sites is 1. The summed E-state index contributed by atoms with van der Waals surface area (Å²) in [7, 11) is 0. The first-order valence-corrected chi connectivity index (χ1v) is 8.29. The zero-order valence-electron chi connectivity index (χ0n) is 13.5. The van der Waals surface area contributed by atoms with Gasteiger partial charge in [-0.3, -0.25) is 9.69 Å². The zero-order valence-corrected chi connectivity index (χ0v) is 14.2. The normalized spacial score (nSPS) is 17.0. The molecule has 1 aromatic heterocycles. The number of benzene rings is 1. The highest BCUT2D eigenvalue weighted by Crippen LogP contribution is 2.21. The number of rotatable bonds is 4. The molecule has 1 fully saturated rings. The maximum Gasteiger partial charge on any atom is 0.274 e. The Bertz CT molecular complexity index is 710. The number of carbonyl (C=O) groups excluding carboxylic acids is 1. The van der Waals surface area contributed by atoms with Crippen LogP contribution in [0.5, 0.6) is 0 Å². The number of amides is 1. The van der Waals surface area contributed by atoms with E-state index in [1.165, 1.54) is 10.9 Å². The fourth-order valence-corrected chi connectivity index (χ4v) is 3.07. The highest BCUT2D eigenvalue weighted by Gasteiger charge is 2.26. The van der Waals surface area contributed by atoms with E-state index in [0.29, 0.717) is 36.0 Å². The maximum atomic E-state index is 12.8. The van der Waals surface area contributed by atoms with Gasteiger partial charge in [-0.25, -0.2) is 4.68 Å². The van der Waals surface area contributed by atoms with Gasteiger partial charge in [0.2, 0.25) is 0 Å². The molecule has 1 aliphatic rings. The Kier molecular flexibility index (Phi) is 5.13. The van der Waals surface area contributed by atoms with Crippen LogP contribution < -0.4 is 0 Å². The molecule has 0 bridgehead atoms. The standard InChI is InChI=1S/C16H20ClN5O2/c1-12(23)11-20-6-8-21(9-7-20)16(24)15-10-18-19-22(15)14-5-3-2-4-13(14)17/h2-5,10,12,23H,6-9,11H2,1H3/t12-/m1/s1. The van der Waals surface area contributed by atoms with Crippen LogP contribution in [0.25, 0.3) is 5.69 Å². The predicted octanol–water partition coefficient (Wildman–Crippen LogP) is 1.06. The first-order valence-electron chi connectivity index (χ1n) is 7.91. The Labute approximate surface area is 145 Å². The summed E-state index contributed by atoms with van der Waals surface area (Å²) in [6.45, 7) is 5.10. The van der Waals surface area contributed by atoms with Gasteiger partial charge in [0.25, 0.3) is 5.91 Å². The number of hydrogen-bond donors (Lipinski definition) is 1. The smallest absolute Gasteiger partial charge is 0.274 e. The van der Waals surface area contributed by atoms with Crippen molar-refractivity contribution < 1.29 is 9.90 Å². The second-order valence-electron chi connectivity index (χ2n) is 5.92. The molecular weight excluding hydrogens is 330 g/mol. The Hall–Kier alpha value is -1.96. The van der Waals surface area contributed by atoms with Crippen molar-refractivity contribution in [3.05, 3.63) is 41.2 Å². The van der Waals surface area contributed by atoms with Gasteiger partial charge in [0.15, 0.2) is 5.69 Å². The van der Waals surface area contributed by atoms with Crippen molar-refractivity contribution in [3.8, 4) is 5.69 Å². The van der Waals surface area contributed by atoms with Gasteiger partial charge < -0.3 is 10.0 Å². The fraction of sp³-hybridized carbons (Fsp3) is 0.438. The molecule has 8 heteroatoms. The van der Waals surface area contributed by atoms with E-state index in [1.54, 1.807) is 24.0 Å². The quantitative estimate of drug-likeness (QED) is 0.893. The molecule has 2 aromatic rings. The number of halogens is 1. The van der Waals surface area contributed by atoms with Gasteiger partial charge in [0.1, 0.15) is 0 Å². The summed E-state index contributed by atoms with van der Waals surface area (Å²) in [5, 5.41) is 17.9.